The molecule has 24 heavy (non-hydrogen) atoms. The molecule has 6 heteroatoms. The van der Waals surface area contributed by atoms with Gasteiger partial charge in [-0.05, 0) is 30.4 Å². The summed E-state index contributed by atoms with van der Waals surface area (Å²) < 4.78 is 0. The van der Waals surface area contributed by atoms with Crippen LogP contribution in [0.25, 0.3) is 0 Å². The van der Waals surface area contributed by atoms with Crippen molar-refractivity contribution >= 4 is 23.5 Å². The van der Waals surface area contributed by atoms with Crippen molar-refractivity contribution in [3.63, 3.8) is 0 Å². The molecule has 1 fully saturated rings. The molecule has 0 radical (unpaired) electrons. The van der Waals surface area contributed by atoms with E-state index in [1.54, 1.807) is 24.3 Å². The average molecular weight is 329 g/mol. The van der Waals surface area contributed by atoms with E-state index in [4.69, 9.17) is 5.11 Å². The molecule has 1 saturated carbocycles. The highest BCUT2D eigenvalue weighted by Crippen LogP contribution is 2.49. The number of hydrogen-bond acceptors (Lipinski definition) is 3. The third-order valence-corrected chi connectivity index (χ3v) is 4.91. The number of aliphatic carboxylic acids is 2. The van der Waals surface area contributed by atoms with Crippen molar-refractivity contribution in [2.24, 2.45) is 23.7 Å². The van der Waals surface area contributed by atoms with Crippen LogP contribution in [0.3, 0.4) is 0 Å². The normalized spacial score (nSPS) is 27.2. The zero-order chi connectivity index (χ0) is 17.3. The first kappa shape index (κ1) is 16.2. The Morgan fingerprint density at radius 1 is 1.00 bits per heavy atom. The smallest absolute Gasteiger partial charge is 0.307 e. The van der Waals surface area contributed by atoms with E-state index in [9.17, 15) is 19.5 Å². The highest BCUT2D eigenvalue weighted by atomic mass is 16.4. The first-order valence-corrected chi connectivity index (χ1v) is 7.98. The fourth-order valence-electron chi connectivity index (χ4n) is 3.86. The van der Waals surface area contributed by atoms with Crippen molar-refractivity contribution in [2.75, 3.05) is 11.4 Å². The lowest BCUT2D eigenvalue weighted by molar-refractivity contribution is -0.147. The standard InChI is InChI=1S/C18H19NO5/c20-14(21)8-9-19(13-4-2-1-3-5-13)17(22)15-11-6-7-12(10-11)16(15)18(23)24/h1-7,11-12,15-16H,8-10H2,(H,20,21)(H,23,24)/t11-,12+,15+,16+/m1/s1. The van der Waals surface area contributed by atoms with E-state index in [-0.39, 0.29) is 30.7 Å². The molecular formula is C18H19NO5. The van der Waals surface area contributed by atoms with Crippen LogP contribution in [0.4, 0.5) is 5.69 Å². The number of carboxylic acids is 2. The van der Waals surface area contributed by atoms with Crippen LogP contribution in [0.15, 0.2) is 42.5 Å². The van der Waals surface area contributed by atoms with Crippen molar-refractivity contribution in [3.8, 4) is 0 Å². The first-order valence-electron chi connectivity index (χ1n) is 7.98. The molecule has 0 heterocycles. The van der Waals surface area contributed by atoms with Crippen LogP contribution in [0.1, 0.15) is 12.8 Å². The van der Waals surface area contributed by atoms with Gasteiger partial charge in [-0.15, -0.1) is 0 Å². The molecule has 1 aromatic carbocycles. The number of anilines is 1. The summed E-state index contributed by atoms with van der Waals surface area (Å²) in [5.74, 6) is -3.82. The zero-order valence-corrected chi connectivity index (χ0v) is 13.0. The molecule has 3 rings (SSSR count). The zero-order valence-electron chi connectivity index (χ0n) is 13.0. The number of nitrogens with zero attached hydrogens (tertiary/aromatic N) is 1. The Hall–Kier alpha value is -2.63. The molecule has 2 aliphatic rings. The van der Waals surface area contributed by atoms with Crippen molar-refractivity contribution in [1.29, 1.82) is 0 Å². The van der Waals surface area contributed by atoms with E-state index >= 15 is 0 Å². The predicted molar refractivity (Wildman–Crippen MR) is 86.4 cm³/mol. The number of fused-ring (bicyclic) bond motifs is 2. The van der Waals surface area contributed by atoms with Crippen molar-refractivity contribution in [1.82, 2.24) is 0 Å². The van der Waals surface area contributed by atoms with Crippen molar-refractivity contribution in [2.45, 2.75) is 12.8 Å². The van der Waals surface area contributed by atoms with Gasteiger partial charge in [0.15, 0.2) is 0 Å². The van der Waals surface area contributed by atoms with Gasteiger partial charge in [0.2, 0.25) is 5.91 Å². The maximum Gasteiger partial charge on any atom is 0.307 e. The molecule has 6 nitrogen and oxygen atoms in total. The molecule has 0 aliphatic heterocycles. The maximum atomic E-state index is 13.1. The van der Waals surface area contributed by atoms with Gasteiger partial charge < -0.3 is 15.1 Å². The van der Waals surface area contributed by atoms with Gasteiger partial charge in [0.25, 0.3) is 0 Å². The van der Waals surface area contributed by atoms with Gasteiger partial charge in [-0.1, -0.05) is 30.4 Å². The van der Waals surface area contributed by atoms with E-state index in [0.29, 0.717) is 12.1 Å². The second-order valence-corrected chi connectivity index (χ2v) is 6.31. The molecule has 2 aliphatic carbocycles. The highest BCUT2D eigenvalue weighted by molar-refractivity contribution is 5.98. The van der Waals surface area contributed by atoms with Crippen LogP contribution in [-0.4, -0.2) is 34.6 Å². The number of hydrogen-bond donors (Lipinski definition) is 2. The van der Waals surface area contributed by atoms with Crippen LogP contribution in [-0.2, 0) is 14.4 Å². The molecule has 0 saturated heterocycles. The Morgan fingerprint density at radius 2 is 1.62 bits per heavy atom. The summed E-state index contributed by atoms with van der Waals surface area (Å²) in [5.41, 5.74) is 0.597. The van der Waals surface area contributed by atoms with E-state index in [1.807, 2.05) is 18.2 Å². The quantitative estimate of drug-likeness (QED) is 0.779. The van der Waals surface area contributed by atoms with Crippen LogP contribution in [0.5, 0.6) is 0 Å². The fourth-order valence-corrected chi connectivity index (χ4v) is 3.86. The number of carbonyl (C=O) groups excluding carboxylic acids is 1. The molecule has 1 amide bonds. The van der Waals surface area contributed by atoms with Gasteiger partial charge in [0.1, 0.15) is 0 Å². The molecule has 0 aromatic heterocycles. The van der Waals surface area contributed by atoms with Crippen LogP contribution in [0.2, 0.25) is 0 Å². The number of allylic oxidation sites excluding steroid dienone is 2. The number of carbonyl (C=O) groups is 3. The molecule has 1 aromatic rings. The molecule has 0 unspecified atom stereocenters. The summed E-state index contributed by atoms with van der Waals surface area (Å²) in [4.78, 5) is 37.1. The Morgan fingerprint density at radius 3 is 2.21 bits per heavy atom. The fraction of sp³-hybridized carbons (Fsp3) is 0.389. The lowest BCUT2D eigenvalue weighted by atomic mass is 9.82. The van der Waals surface area contributed by atoms with Gasteiger partial charge in [-0.2, -0.15) is 0 Å². The van der Waals surface area contributed by atoms with Gasteiger partial charge in [0, 0.05) is 12.2 Å². The van der Waals surface area contributed by atoms with E-state index < -0.39 is 23.8 Å². The minimum absolute atomic E-state index is 0.0299. The topological polar surface area (TPSA) is 94.9 Å². The van der Waals surface area contributed by atoms with Crippen LogP contribution in [0, 0.1) is 23.7 Å². The third-order valence-electron chi connectivity index (χ3n) is 4.91. The highest BCUT2D eigenvalue weighted by Gasteiger charge is 2.52. The van der Waals surface area contributed by atoms with Crippen molar-refractivity contribution in [3.05, 3.63) is 42.5 Å². The summed E-state index contributed by atoms with van der Waals surface area (Å²) in [5, 5.41) is 18.5. The van der Waals surface area contributed by atoms with Gasteiger partial charge in [-0.25, -0.2) is 0 Å². The van der Waals surface area contributed by atoms with Crippen molar-refractivity contribution < 1.29 is 24.6 Å². The number of rotatable bonds is 6. The first-order chi connectivity index (χ1) is 11.5. The van der Waals surface area contributed by atoms with E-state index in [2.05, 4.69) is 0 Å². The molecule has 126 valence electrons. The number of carboxylic acid groups (broad SMARTS) is 2. The number of para-hydroxylation sites is 1. The summed E-state index contributed by atoms with van der Waals surface area (Å²) in [6.45, 7) is 0.0299. The largest absolute Gasteiger partial charge is 0.481 e. The Labute approximate surface area is 139 Å². The molecule has 2 bridgehead atoms. The van der Waals surface area contributed by atoms with E-state index in [0.717, 1.165) is 0 Å². The van der Waals surface area contributed by atoms with Gasteiger partial charge in [-0.3, -0.25) is 14.4 Å². The Kier molecular flexibility index (Phi) is 4.38. The minimum Gasteiger partial charge on any atom is -0.481 e. The average Bonchev–Trinajstić information content (AvgIpc) is 3.16. The summed E-state index contributed by atoms with van der Waals surface area (Å²) in [6.07, 6.45) is 4.30. The summed E-state index contributed by atoms with van der Waals surface area (Å²) >= 11 is 0. The minimum atomic E-state index is -0.994. The molecule has 4 atom stereocenters. The molecule has 0 spiro atoms. The Bertz CT molecular complexity index is 684. The monoisotopic (exact) mass is 329 g/mol. The van der Waals surface area contributed by atoms with Gasteiger partial charge >= 0.3 is 11.9 Å². The predicted octanol–water partition coefficient (Wildman–Crippen LogP) is 2.02. The summed E-state index contributed by atoms with van der Waals surface area (Å²) in [6, 6.07) is 8.82. The third kappa shape index (κ3) is 2.91. The summed E-state index contributed by atoms with van der Waals surface area (Å²) in [7, 11) is 0. The van der Waals surface area contributed by atoms with E-state index in [1.165, 1.54) is 4.90 Å². The second kappa shape index (κ2) is 6.47. The van der Waals surface area contributed by atoms with Gasteiger partial charge in [0.05, 0.1) is 18.3 Å². The van der Waals surface area contributed by atoms with Crippen LogP contribution < -0.4 is 4.90 Å². The molecular weight excluding hydrogens is 310 g/mol. The number of amides is 1. The van der Waals surface area contributed by atoms with Crippen LogP contribution >= 0.6 is 0 Å². The molecule has 2 N–H and O–H groups in total. The maximum absolute atomic E-state index is 13.1. The SMILES string of the molecule is O=C(O)CCN(C(=O)[C@@H]1[C@@H](C(=O)O)[C@H]2C=C[C@@H]1C2)c1ccccc1. The second-order valence-electron chi connectivity index (χ2n) is 6.31. The Balaban J connectivity index is 1.89. The number of benzene rings is 1. The lowest BCUT2D eigenvalue weighted by Crippen LogP contribution is -2.44. The lowest BCUT2D eigenvalue weighted by Gasteiger charge is -2.30.